The maximum atomic E-state index is 14.0. The average molecular weight is 625 g/mol. The first-order chi connectivity index (χ1) is 19.5. The van der Waals surface area contributed by atoms with Crippen LogP contribution in [0.5, 0.6) is 5.75 Å². The number of amides is 2. The number of hydrogen-bond acceptors (Lipinski definition) is 9. The highest BCUT2D eigenvalue weighted by molar-refractivity contribution is 9.10. The van der Waals surface area contributed by atoms with E-state index in [1.165, 1.54) is 49.6 Å². The number of non-ortho nitro benzene ring substituents is 2. The van der Waals surface area contributed by atoms with E-state index in [-0.39, 0.29) is 23.5 Å². The molecule has 4 atom stereocenters. The first kappa shape index (κ1) is 27.9. The van der Waals surface area contributed by atoms with E-state index in [1.807, 2.05) is 0 Å². The molecule has 4 unspecified atom stereocenters. The standard InChI is InChI=1S/C27H21BrN4O9/c1-41-20-10-7-15(28)11-19(20)23-21-22(25(34)30(24(21)33)17-3-2-4-18(12-17)32(39)40)27(29-23,26(35)36)13-14-5-8-16(9-6-14)31(37)38/h2-12,21-23,29H,13H2,1H3,(H,35,36). The SMILES string of the molecule is COc1ccc(Br)cc1C1NC(Cc2ccc([N+](=O)[O-])cc2)(C(=O)O)C2C(=O)N(c3cccc([N+](=O)[O-])c3)C(=O)C12. The third-order valence-corrected chi connectivity index (χ3v) is 7.98. The zero-order valence-corrected chi connectivity index (χ0v) is 22.8. The van der Waals surface area contributed by atoms with Gasteiger partial charge in [0, 0.05) is 46.8 Å². The van der Waals surface area contributed by atoms with Crippen LogP contribution in [0.1, 0.15) is 17.2 Å². The molecule has 210 valence electrons. The number of nitrogens with zero attached hydrogens (tertiary/aromatic N) is 3. The molecule has 2 amide bonds. The molecule has 3 aromatic carbocycles. The number of nitro benzene ring substituents is 2. The third kappa shape index (κ3) is 4.60. The summed E-state index contributed by atoms with van der Waals surface area (Å²) in [6.07, 6.45) is -0.296. The Morgan fingerprint density at radius 3 is 2.32 bits per heavy atom. The number of anilines is 1. The molecule has 2 N–H and O–H groups in total. The summed E-state index contributed by atoms with van der Waals surface area (Å²) in [6, 6.07) is 14.2. The molecular formula is C27H21BrN4O9. The van der Waals surface area contributed by atoms with Crippen molar-refractivity contribution in [2.45, 2.75) is 18.0 Å². The van der Waals surface area contributed by atoms with E-state index in [0.717, 1.165) is 11.0 Å². The van der Waals surface area contributed by atoms with Gasteiger partial charge < -0.3 is 9.84 Å². The second-order valence-corrected chi connectivity index (χ2v) is 10.6. The molecule has 41 heavy (non-hydrogen) atoms. The monoisotopic (exact) mass is 624 g/mol. The summed E-state index contributed by atoms with van der Waals surface area (Å²) in [6.45, 7) is 0. The zero-order valence-electron chi connectivity index (χ0n) is 21.2. The lowest BCUT2D eigenvalue weighted by atomic mass is 9.76. The Kier molecular flexibility index (Phi) is 7.05. The first-order valence-corrected chi connectivity index (χ1v) is 13.0. The summed E-state index contributed by atoms with van der Waals surface area (Å²) in [7, 11) is 1.41. The van der Waals surface area contributed by atoms with Gasteiger partial charge in [0.2, 0.25) is 11.8 Å². The van der Waals surface area contributed by atoms with Gasteiger partial charge in [0.15, 0.2) is 0 Å². The molecule has 0 aliphatic carbocycles. The summed E-state index contributed by atoms with van der Waals surface area (Å²) >= 11 is 3.39. The van der Waals surface area contributed by atoms with Gasteiger partial charge in [0.25, 0.3) is 11.4 Å². The molecule has 14 heteroatoms. The van der Waals surface area contributed by atoms with Crippen molar-refractivity contribution in [2.75, 3.05) is 12.0 Å². The minimum Gasteiger partial charge on any atom is -0.496 e. The summed E-state index contributed by atoms with van der Waals surface area (Å²) in [4.78, 5) is 63.2. The van der Waals surface area contributed by atoms with Crippen LogP contribution in [0.15, 0.2) is 71.2 Å². The van der Waals surface area contributed by atoms with Crippen molar-refractivity contribution in [1.29, 1.82) is 0 Å². The van der Waals surface area contributed by atoms with Gasteiger partial charge in [-0.15, -0.1) is 0 Å². The molecule has 2 saturated heterocycles. The number of halogens is 1. The van der Waals surface area contributed by atoms with Crippen molar-refractivity contribution in [3.8, 4) is 5.75 Å². The van der Waals surface area contributed by atoms with Gasteiger partial charge in [-0.2, -0.15) is 0 Å². The number of carbonyl (C=O) groups excluding carboxylic acids is 2. The van der Waals surface area contributed by atoms with E-state index in [0.29, 0.717) is 21.3 Å². The highest BCUT2D eigenvalue weighted by Gasteiger charge is 2.69. The molecule has 0 radical (unpaired) electrons. The lowest BCUT2D eigenvalue weighted by Crippen LogP contribution is -2.57. The molecular weight excluding hydrogens is 604 g/mol. The van der Waals surface area contributed by atoms with Crippen LogP contribution >= 0.6 is 15.9 Å². The van der Waals surface area contributed by atoms with Crippen LogP contribution in [-0.2, 0) is 20.8 Å². The van der Waals surface area contributed by atoms with Crippen molar-refractivity contribution >= 4 is 50.8 Å². The van der Waals surface area contributed by atoms with Gasteiger partial charge in [-0.1, -0.05) is 34.1 Å². The highest BCUT2D eigenvalue weighted by atomic mass is 79.9. The van der Waals surface area contributed by atoms with E-state index in [2.05, 4.69) is 21.2 Å². The molecule has 0 aromatic heterocycles. The largest absolute Gasteiger partial charge is 0.496 e. The smallest absolute Gasteiger partial charge is 0.325 e. The predicted molar refractivity (Wildman–Crippen MR) is 146 cm³/mol. The molecule has 13 nitrogen and oxygen atoms in total. The molecule has 2 heterocycles. The molecule has 3 aromatic rings. The van der Waals surface area contributed by atoms with Crippen molar-refractivity contribution < 1.29 is 34.1 Å². The number of carboxylic acids is 1. The fourth-order valence-corrected chi connectivity index (χ4v) is 6.09. The molecule has 2 aliphatic rings. The maximum Gasteiger partial charge on any atom is 0.325 e. The Labute approximate surface area is 240 Å². The number of hydrogen-bond donors (Lipinski definition) is 2. The Morgan fingerprint density at radius 1 is 1.02 bits per heavy atom. The van der Waals surface area contributed by atoms with Crippen LogP contribution in [0.2, 0.25) is 0 Å². The second kappa shape index (κ2) is 10.4. The third-order valence-electron chi connectivity index (χ3n) is 7.49. The number of rotatable bonds is 8. The van der Waals surface area contributed by atoms with Gasteiger partial charge >= 0.3 is 5.97 Å². The second-order valence-electron chi connectivity index (χ2n) is 9.68. The van der Waals surface area contributed by atoms with E-state index >= 15 is 0 Å². The van der Waals surface area contributed by atoms with Crippen LogP contribution < -0.4 is 15.0 Å². The fourth-order valence-electron chi connectivity index (χ4n) is 5.71. The van der Waals surface area contributed by atoms with Crippen LogP contribution in [0.25, 0.3) is 0 Å². The average Bonchev–Trinajstić information content (AvgIpc) is 3.42. The number of imide groups is 1. The first-order valence-electron chi connectivity index (χ1n) is 12.2. The van der Waals surface area contributed by atoms with E-state index < -0.39 is 51.0 Å². The number of methoxy groups -OCH3 is 1. The molecule has 0 saturated carbocycles. The number of fused-ring (bicyclic) bond motifs is 1. The van der Waals surface area contributed by atoms with Gasteiger partial charge in [0.1, 0.15) is 11.3 Å². The maximum absolute atomic E-state index is 14.0. The van der Waals surface area contributed by atoms with Crippen molar-refractivity contribution in [1.82, 2.24) is 5.32 Å². The molecule has 2 fully saturated rings. The van der Waals surface area contributed by atoms with Crippen molar-refractivity contribution in [3.05, 3.63) is 103 Å². The summed E-state index contributed by atoms with van der Waals surface area (Å²) in [5, 5.41) is 36.2. The normalized spacial score (nSPS) is 23.4. The number of nitrogens with one attached hydrogen (secondary N) is 1. The Morgan fingerprint density at radius 2 is 1.71 bits per heavy atom. The van der Waals surface area contributed by atoms with E-state index in [1.54, 1.807) is 18.2 Å². The molecule has 0 bridgehead atoms. The van der Waals surface area contributed by atoms with Crippen molar-refractivity contribution in [3.63, 3.8) is 0 Å². The summed E-state index contributed by atoms with van der Waals surface area (Å²) < 4.78 is 6.12. The highest BCUT2D eigenvalue weighted by Crippen LogP contribution is 2.52. The Bertz CT molecular complexity index is 1610. The zero-order chi connectivity index (χ0) is 29.6. The lowest BCUT2D eigenvalue weighted by molar-refractivity contribution is -0.385. The number of carboxylic acid groups (broad SMARTS) is 1. The number of nitro groups is 2. The Hall–Kier alpha value is -4.69. The fraction of sp³-hybridized carbons (Fsp3) is 0.222. The van der Waals surface area contributed by atoms with Crippen LogP contribution in [0.4, 0.5) is 17.1 Å². The van der Waals surface area contributed by atoms with Gasteiger partial charge in [-0.25, -0.2) is 4.90 Å². The van der Waals surface area contributed by atoms with Crippen LogP contribution in [-0.4, -0.2) is 45.4 Å². The van der Waals surface area contributed by atoms with E-state index in [4.69, 9.17) is 4.74 Å². The predicted octanol–water partition coefficient (Wildman–Crippen LogP) is 3.79. The van der Waals surface area contributed by atoms with Gasteiger partial charge in [-0.3, -0.25) is 39.9 Å². The topological polar surface area (TPSA) is 182 Å². The summed E-state index contributed by atoms with van der Waals surface area (Å²) in [5.74, 6) is -5.30. The summed E-state index contributed by atoms with van der Waals surface area (Å²) in [5.41, 5.74) is -1.83. The van der Waals surface area contributed by atoms with Crippen molar-refractivity contribution in [2.24, 2.45) is 11.8 Å². The number of carbonyl (C=O) groups is 3. The number of aliphatic carboxylic acids is 1. The quantitative estimate of drug-likeness (QED) is 0.212. The molecule has 5 rings (SSSR count). The molecule has 0 spiro atoms. The Balaban J connectivity index is 1.68. The van der Waals surface area contributed by atoms with E-state index in [9.17, 15) is 39.7 Å². The molecule has 2 aliphatic heterocycles. The number of ether oxygens (including phenoxy) is 1. The minimum absolute atomic E-state index is 0.0572. The van der Waals surface area contributed by atoms with Gasteiger partial charge in [0.05, 0.1) is 34.5 Å². The minimum atomic E-state index is -2.03. The van der Waals surface area contributed by atoms with Crippen LogP contribution in [0.3, 0.4) is 0 Å². The van der Waals surface area contributed by atoms with Gasteiger partial charge in [-0.05, 0) is 29.8 Å². The number of benzene rings is 3. The van der Waals surface area contributed by atoms with Crippen LogP contribution in [0, 0.1) is 32.1 Å². The lowest BCUT2D eigenvalue weighted by Gasteiger charge is -2.31.